The Hall–Kier alpha value is -0.670. The molecule has 0 atom stereocenters. The molecule has 0 aliphatic carbocycles. The molecule has 1 aromatic carbocycles. The fraction of sp³-hybridized carbons (Fsp3) is 0.200. The van der Waals surface area contributed by atoms with Crippen LogP contribution >= 0.6 is 24.0 Å². The first kappa shape index (κ1) is 8.91. The normalized spacial score (nSPS) is 10.9. The number of nitrogens with two attached hydrogens (primary N) is 1. The van der Waals surface area contributed by atoms with E-state index in [1.165, 1.54) is 10.3 Å². The van der Waals surface area contributed by atoms with E-state index < -0.39 is 0 Å². The van der Waals surface area contributed by atoms with E-state index >= 15 is 0 Å². The quantitative estimate of drug-likeness (QED) is 0.692. The molecule has 0 saturated heterocycles. The van der Waals surface area contributed by atoms with Gasteiger partial charge in [-0.1, -0.05) is 6.92 Å². The van der Waals surface area contributed by atoms with Crippen molar-refractivity contribution in [3.63, 3.8) is 0 Å². The second-order valence-electron chi connectivity index (χ2n) is 3.03. The van der Waals surface area contributed by atoms with Crippen molar-refractivity contribution in [2.24, 2.45) is 0 Å². The van der Waals surface area contributed by atoms with Crippen molar-refractivity contribution in [3.05, 3.63) is 23.1 Å². The lowest BCUT2D eigenvalue weighted by Gasteiger charge is -2.01. The van der Waals surface area contributed by atoms with Crippen LogP contribution in [0.1, 0.15) is 12.5 Å². The lowest BCUT2D eigenvalue weighted by molar-refractivity contribution is 1.14. The van der Waals surface area contributed by atoms with Crippen LogP contribution in [0.5, 0.6) is 0 Å². The SMILES string of the molecule is CCc1cc(S)c2c(N)csc2c1. The number of hydrogen-bond acceptors (Lipinski definition) is 3. The highest BCUT2D eigenvalue weighted by molar-refractivity contribution is 7.80. The van der Waals surface area contributed by atoms with Crippen molar-refractivity contribution in [2.75, 3.05) is 5.73 Å². The molecule has 0 spiro atoms. The third-order valence-corrected chi connectivity index (χ3v) is 3.45. The van der Waals surface area contributed by atoms with Crippen molar-refractivity contribution in [2.45, 2.75) is 18.2 Å². The van der Waals surface area contributed by atoms with Gasteiger partial charge in [0.25, 0.3) is 0 Å². The minimum Gasteiger partial charge on any atom is -0.398 e. The summed E-state index contributed by atoms with van der Waals surface area (Å²) in [5.41, 5.74) is 7.99. The molecule has 0 saturated carbocycles. The molecule has 0 fully saturated rings. The topological polar surface area (TPSA) is 26.0 Å². The van der Waals surface area contributed by atoms with Gasteiger partial charge in [0.05, 0.1) is 5.69 Å². The van der Waals surface area contributed by atoms with Gasteiger partial charge in [-0.05, 0) is 24.1 Å². The highest BCUT2D eigenvalue weighted by Gasteiger charge is 2.05. The lowest BCUT2D eigenvalue weighted by atomic mass is 10.1. The van der Waals surface area contributed by atoms with Gasteiger partial charge in [-0.25, -0.2) is 0 Å². The molecule has 2 rings (SSSR count). The molecule has 1 heterocycles. The Morgan fingerprint density at radius 1 is 1.46 bits per heavy atom. The van der Waals surface area contributed by atoms with Crippen LogP contribution in [0.3, 0.4) is 0 Å². The molecule has 3 heteroatoms. The molecule has 0 aliphatic heterocycles. The van der Waals surface area contributed by atoms with Crippen molar-refractivity contribution in [3.8, 4) is 0 Å². The van der Waals surface area contributed by atoms with E-state index in [-0.39, 0.29) is 0 Å². The van der Waals surface area contributed by atoms with Gasteiger partial charge in [0, 0.05) is 20.4 Å². The first-order valence-electron chi connectivity index (χ1n) is 4.21. The molecule has 2 aromatic rings. The van der Waals surface area contributed by atoms with Crippen molar-refractivity contribution in [1.82, 2.24) is 0 Å². The van der Waals surface area contributed by atoms with Gasteiger partial charge in [0.2, 0.25) is 0 Å². The van der Waals surface area contributed by atoms with Gasteiger partial charge in [-0.3, -0.25) is 0 Å². The first-order valence-corrected chi connectivity index (χ1v) is 5.53. The van der Waals surface area contributed by atoms with Gasteiger partial charge in [-0.2, -0.15) is 0 Å². The Bertz CT molecular complexity index is 445. The van der Waals surface area contributed by atoms with Crippen LogP contribution in [0.25, 0.3) is 10.1 Å². The smallest absolute Gasteiger partial charge is 0.0514 e. The summed E-state index contributed by atoms with van der Waals surface area (Å²) in [7, 11) is 0. The first-order chi connectivity index (χ1) is 6.22. The maximum atomic E-state index is 5.83. The summed E-state index contributed by atoms with van der Waals surface area (Å²) in [6.07, 6.45) is 1.04. The number of rotatable bonds is 1. The van der Waals surface area contributed by atoms with Crippen LogP contribution in [0.4, 0.5) is 5.69 Å². The van der Waals surface area contributed by atoms with Crippen molar-refractivity contribution in [1.29, 1.82) is 0 Å². The van der Waals surface area contributed by atoms with Crippen LogP contribution in [0.15, 0.2) is 22.4 Å². The average molecular weight is 209 g/mol. The Balaban J connectivity index is 2.79. The molecule has 1 aromatic heterocycles. The molecular weight excluding hydrogens is 198 g/mol. The van der Waals surface area contributed by atoms with Gasteiger partial charge >= 0.3 is 0 Å². The third-order valence-electron chi connectivity index (χ3n) is 2.15. The number of thiophene rings is 1. The molecule has 0 amide bonds. The number of thiol groups is 1. The van der Waals surface area contributed by atoms with Gasteiger partial charge < -0.3 is 5.73 Å². The summed E-state index contributed by atoms with van der Waals surface area (Å²) >= 11 is 6.12. The molecule has 1 nitrogen and oxygen atoms in total. The van der Waals surface area contributed by atoms with E-state index in [4.69, 9.17) is 5.73 Å². The summed E-state index contributed by atoms with van der Waals surface area (Å²) < 4.78 is 1.24. The Morgan fingerprint density at radius 2 is 2.23 bits per heavy atom. The minimum absolute atomic E-state index is 0.840. The fourth-order valence-corrected chi connectivity index (χ4v) is 2.86. The molecule has 0 bridgehead atoms. The summed E-state index contributed by atoms with van der Waals surface area (Å²) in [5.74, 6) is 0. The standard InChI is InChI=1S/C10H11NS2/c1-2-6-3-8(12)10-7(11)5-13-9(10)4-6/h3-5,12H,2,11H2,1H3. The second-order valence-corrected chi connectivity index (χ2v) is 4.43. The molecule has 0 aliphatic rings. The number of benzene rings is 1. The highest BCUT2D eigenvalue weighted by atomic mass is 32.1. The van der Waals surface area contributed by atoms with Gasteiger partial charge in [-0.15, -0.1) is 24.0 Å². The number of hydrogen-bond donors (Lipinski definition) is 2. The predicted molar refractivity (Wildman–Crippen MR) is 62.9 cm³/mol. The molecule has 0 radical (unpaired) electrons. The molecule has 0 unspecified atom stereocenters. The van der Waals surface area contributed by atoms with Gasteiger partial charge in [0.1, 0.15) is 0 Å². The number of anilines is 1. The fourth-order valence-electron chi connectivity index (χ4n) is 1.43. The molecular formula is C10H11NS2. The molecule has 68 valence electrons. The van der Waals surface area contributed by atoms with E-state index in [1.807, 2.05) is 5.38 Å². The highest BCUT2D eigenvalue weighted by Crippen LogP contribution is 2.34. The van der Waals surface area contributed by atoms with Crippen LogP contribution in [0.2, 0.25) is 0 Å². The summed E-state index contributed by atoms with van der Waals surface area (Å²) in [4.78, 5) is 0.994. The maximum Gasteiger partial charge on any atom is 0.0514 e. The van der Waals surface area contributed by atoms with E-state index in [0.29, 0.717) is 0 Å². The van der Waals surface area contributed by atoms with E-state index in [2.05, 4.69) is 31.7 Å². The predicted octanol–water partition coefficient (Wildman–Crippen LogP) is 3.33. The zero-order valence-electron chi connectivity index (χ0n) is 7.37. The van der Waals surface area contributed by atoms with E-state index in [0.717, 1.165) is 22.4 Å². The Labute approximate surface area is 87.0 Å². The van der Waals surface area contributed by atoms with Gasteiger partial charge in [0.15, 0.2) is 0 Å². The summed E-state index contributed by atoms with van der Waals surface area (Å²) in [6, 6.07) is 4.28. The van der Waals surface area contributed by atoms with E-state index in [1.54, 1.807) is 11.3 Å². The van der Waals surface area contributed by atoms with Crippen LogP contribution in [0, 0.1) is 0 Å². The summed E-state index contributed by atoms with van der Waals surface area (Å²) in [6.45, 7) is 2.14. The molecule has 13 heavy (non-hydrogen) atoms. The monoisotopic (exact) mass is 209 g/mol. The average Bonchev–Trinajstić information content (AvgIpc) is 2.48. The largest absolute Gasteiger partial charge is 0.398 e. The van der Waals surface area contributed by atoms with Crippen molar-refractivity contribution < 1.29 is 0 Å². The maximum absolute atomic E-state index is 5.83. The molecule has 2 N–H and O–H groups in total. The lowest BCUT2D eigenvalue weighted by Crippen LogP contribution is -1.84. The number of nitrogen functional groups attached to an aromatic ring is 1. The summed E-state index contributed by atoms with van der Waals surface area (Å²) in [5, 5.41) is 3.08. The van der Waals surface area contributed by atoms with Crippen LogP contribution in [-0.4, -0.2) is 0 Å². The Morgan fingerprint density at radius 3 is 2.92 bits per heavy atom. The zero-order chi connectivity index (χ0) is 9.42. The van der Waals surface area contributed by atoms with Crippen LogP contribution in [-0.2, 0) is 6.42 Å². The van der Waals surface area contributed by atoms with Crippen molar-refractivity contribution >= 4 is 39.7 Å². The third kappa shape index (κ3) is 1.42. The van der Waals surface area contributed by atoms with E-state index in [9.17, 15) is 0 Å². The van der Waals surface area contributed by atoms with Crippen LogP contribution < -0.4 is 5.73 Å². The number of fused-ring (bicyclic) bond motifs is 1. The minimum atomic E-state index is 0.840. The number of aryl methyl sites for hydroxylation is 1. The Kier molecular flexibility index (Phi) is 2.22. The second kappa shape index (κ2) is 3.24. The zero-order valence-corrected chi connectivity index (χ0v) is 9.08.